The van der Waals surface area contributed by atoms with Gasteiger partial charge in [0.25, 0.3) is 0 Å². The van der Waals surface area contributed by atoms with Gasteiger partial charge in [0.2, 0.25) is 0 Å². The van der Waals surface area contributed by atoms with Crippen molar-refractivity contribution in [3.05, 3.63) is 24.3 Å². The molecule has 1 N–H and O–H groups in total. The first-order valence-corrected chi connectivity index (χ1v) is 19.5. The third-order valence-corrected chi connectivity index (χ3v) is 9.42. The molecule has 1 saturated heterocycles. The van der Waals surface area contributed by atoms with E-state index in [0.29, 0.717) is 0 Å². The summed E-state index contributed by atoms with van der Waals surface area (Å²) in [6.07, 6.45) is 50.9. The molecule has 0 radical (unpaired) electrons. The number of ether oxygens (including phenoxy) is 1. The van der Waals surface area contributed by atoms with Crippen LogP contribution >= 0.6 is 12.4 Å². The van der Waals surface area contributed by atoms with Gasteiger partial charge in [0, 0.05) is 13.1 Å². The van der Waals surface area contributed by atoms with Crippen LogP contribution in [0, 0.1) is 0 Å². The maximum absolute atomic E-state index is 6.44. The zero-order chi connectivity index (χ0) is 30.1. The van der Waals surface area contributed by atoms with E-state index in [9.17, 15) is 0 Å². The molecule has 0 aromatic carbocycles. The Morgan fingerprint density at radius 1 is 0.465 bits per heavy atom. The third kappa shape index (κ3) is 28.9. The molecule has 0 unspecified atom stereocenters. The molecule has 0 spiro atoms. The number of unbranched alkanes of at least 4 members (excludes halogenated alkanes) is 24. The molecule has 1 rings (SSSR count). The maximum Gasteiger partial charge on any atom is 0.0806 e. The van der Waals surface area contributed by atoms with E-state index >= 15 is 0 Å². The van der Waals surface area contributed by atoms with E-state index in [-0.39, 0.29) is 18.0 Å². The number of rotatable bonds is 32. The second kappa shape index (κ2) is 34.6. The number of hydrogen-bond acceptors (Lipinski definition) is 2. The normalized spacial score (nSPS) is 17.3. The molecule has 1 fully saturated rings. The molecular formula is C40H78ClNO. The molecule has 0 aromatic heterocycles. The second-order valence-electron chi connectivity index (χ2n) is 13.6. The van der Waals surface area contributed by atoms with Gasteiger partial charge in [-0.3, -0.25) is 0 Å². The van der Waals surface area contributed by atoms with Crippen molar-refractivity contribution in [3.8, 4) is 0 Å². The van der Waals surface area contributed by atoms with E-state index in [2.05, 4.69) is 43.5 Å². The number of morpholine rings is 1. The van der Waals surface area contributed by atoms with Crippen molar-refractivity contribution in [1.29, 1.82) is 0 Å². The molecule has 1 aliphatic rings. The summed E-state index contributed by atoms with van der Waals surface area (Å²) in [5.74, 6) is 0. The number of nitrogens with one attached hydrogen (secondary N) is 1. The second-order valence-corrected chi connectivity index (χ2v) is 13.6. The van der Waals surface area contributed by atoms with Gasteiger partial charge < -0.3 is 10.1 Å². The predicted molar refractivity (Wildman–Crippen MR) is 197 cm³/mol. The van der Waals surface area contributed by atoms with E-state index < -0.39 is 0 Å². The molecule has 43 heavy (non-hydrogen) atoms. The molecule has 0 saturated carbocycles. The first-order valence-electron chi connectivity index (χ1n) is 19.5. The highest BCUT2D eigenvalue weighted by molar-refractivity contribution is 5.85. The van der Waals surface area contributed by atoms with Crippen molar-refractivity contribution in [3.63, 3.8) is 0 Å². The molecule has 0 atom stereocenters. The molecular weight excluding hydrogens is 546 g/mol. The highest BCUT2D eigenvalue weighted by atomic mass is 35.5. The summed E-state index contributed by atoms with van der Waals surface area (Å²) >= 11 is 0. The molecule has 1 heterocycles. The summed E-state index contributed by atoms with van der Waals surface area (Å²) in [4.78, 5) is 0. The lowest BCUT2D eigenvalue weighted by atomic mass is 9.88. The molecule has 0 amide bonds. The Balaban J connectivity index is 0.0000176. The maximum atomic E-state index is 6.44. The van der Waals surface area contributed by atoms with Gasteiger partial charge in [-0.2, -0.15) is 0 Å². The minimum atomic E-state index is 0. The fourth-order valence-electron chi connectivity index (χ4n) is 6.54. The van der Waals surface area contributed by atoms with Crippen molar-refractivity contribution >= 4 is 12.4 Å². The van der Waals surface area contributed by atoms with Crippen LogP contribution in [0.2, 0.25) is 0 Å². The predicted octanol–water partition coefficient (Wildman–Crippen LogP) is 13.6. The van der Waals surface area contributed by atoms with Crippen LogP contribution in [-0.4, -0.2) is 25.3 Å². The third-order valence-electron chi connectivity index (χ3n) is 9.42. The minimum Gasteiger partial charge on any atom is -0.372 e. The van der Waals surface area contributed by atoms with E-state index in [4.69, 9.17) is 4.74 Å². The zero-order valence-electron chi connectivity index (χ0n) is 29.5. The van der Waals surface area contributed by atoms with Gasteiger partial charge in [0.15, 0.2) is 0 Å². The van der Waals surface area contributed by atoms with E-state index in [1.807, 2.05) is 0 Å². The average Bonchev–Trinajstić information content (AvgIpc) is 3.01. The molecule has 0 aromatic rings. The molecule has 0 aliphatic carbocycles. The van der Waals surface area contributed by atoms with Crippen molar-refractivity contribution in [2.75, 3.05) is 19.7 Å². The van der Waals surface area contributed by atoms with Crippen LogP contribution in [0.25, 0.3) is 0 Å². The lowest BCUT2D eigenvalue weighted by molar-refractivity contribution is -0.0791. The fourth-order valence-corrected chi connectivity index (χ4v) is 6.54. The average molecular weight is 625 g/mol. The SMILES string of the molecule is CCCCCCCCC=CCCCCCCCCC1(CCCCCCCCC=CCCCCCCCC)CNCCO1.Cl. The smallest absolute Gasteiger partial charge is 0.0806 e. The molecule has 3 heteroatoms. The lowest BCUT2D eigenvalue weighted by Gasteiger charge is -2.38. The topological polar surface area (TPSA) is 21.3 Å². The van der Waals surface area contributed by atoms with Crippen molar-refractivity contribution in [2.24, 2.45) is 0 Å². The molecule has 1 aliphatic heterocycles. The van der Waals surface area contributed by atoms with Gasteiger partial charge in [-0.15, -0.1) is 12.4 Å². The van der Waals surface area contributed by atoms with Crippen LogP contribution in [-0.2, 0) is 4.74 Å². The van der Waals surface area contributed by atoms with Crippen LogP contribution in [0.15, 0.2) is 24.3 Å². The highest BCUT2D eigenvalue weighted by Crippen LogP contribution is 2.28. The van der Waals surface area contributed by atoms with Gasteiger partial charge >= 0.3 is 0 Å². The molecule has 256 valence electrons. The summed E-state index contributed by atoms with van der Waals surface area (Å²) < 4.78 is 6.44. The van der Waals surface area contributed by atoms with Gasteiger partial charge in [0.1, 0.15) is 0 Å². The summed E-state index contributed by atoms with van der Waals surface area (Å²) in [7, 11) is 0. The Morgan fingerprint density at radius 2 is 0.791 bits per heavy atom. The number of allylic oxidation sites excluding steroid dienone is 4. The van der Waals surface area contributed by atoms with Crippen LogP contribution in [0.1, 0.15) is 206 Å². The quantitative estimate of drug-likeness (QED) is 0.0594. The van der Waals surface area contributed by atoms with Gasteiger partial charge in [-0.1, -0.05) is 167 Å². The zero-order valence-corrected chi connectivity index (χ0v) is 30.3. The van der Waals surface area contributed by atoms with Crippen molar-refractivity contribution in [1.82, 2.24) is 5.32 Å². The van der Waals surface area contributed by atoms with E-state index in [1.54, 1.807) is 0 Å². The van der Waals surface area contributed by atoms with Crippen molar-refractivity contribution < 1.29 is 4.74 Å². The monoisotopic (exact) mass is 624 g/mol. The van der Waals surface area contributed by atoms with E-state index in [1.165, 1.54) is 193 Å². The number of hydrogen-bond donors (Lipinski definition) is 1. The highest BCUT2D eigenvalue weighted by Gasteiger charge is 2.31. The first-order chi connectivity index (χ1) is 20.8. The minimum absolute atomic E-state index is 0. The molecule has 2 nitrogen and oxygen atoms in total. The van der Waals surface area contributed by atoms with Crippen LogP contribution < -0.4 is 5.32 Å². The summed E-state index contributed by atoms with van der Waals surface area (Å²) in [5.41, 5.74) is 0.125. The summed E-state index contributed by atoms with van der Waals surface area (Å²) in [6, 6.07) is 0. The Hall–Kier alpha value is -0.310. The van der Waals surface area contributed by atoms with E-state index in [0.717, 1.165) is 19.7 Å². The van der Waals surface area contributed by atoms with Gasteiger partial charge in [-0.25, -0.2) is 0 Å². The fraction of sp³-hybridized carbons (Fsp3) is 0.900. The Labute approximate surface area is 277 Å². The summed E-state index contributed by atoms with van der Waals surface area (Å²) in [5, 5.41) is 3.65. The van der Waals surface area contributed by atoms with Crippen molar-refractivity contribution in [2.45, 2.75) is 212 Å². The number of halogens is 1. The Kier molecular flexibility index (Phi) is 34.3. The van der Waals surface area contributed by atoms with Gasteiger partial charge in [-0.05, 0) is 64.2 Å². The van der Waals surface area contributed by atoms with Gasteiger partial charge in [0.05, 0.1) is 12.2 Å². The largest absolute Gasteiger partial charge is 0.372 e. The Bertz CT molecular complexity index is 539. The summed E-state index contributed by atoms with van der Waals surface area (Å²) in [6.45, 7) is 7.60. The lowest BCUT2D eigenvalue weighted by Crippen LogP contribution is -2.49. The Morgan fingerprint density at radius 3 is 1.12 bits per heavy atom. The van der Waals surface area contributed by atoms with Crippen LogP contribution in [0.5, 0.6) is 0 Å². The standard InChI is InChI=1S/C40H77NO.ClH/c1-3-5-7-9-11-13-15-17-19-21-23-25-27-29-31-33-35-40(39-41-37-38-42-40)36-34-32-30-28-26-24-22-20-18-16-14-12-10-8-6-4-2;/h17-20,41H,3-16,21-39H2,1-2H3;1H. The first kappa shape index (κ1) is 42.7. The van der Waals surface area contributed by atoms with Crippen LogP contribution in [0.4, 0.5) is 0 Å². The molecule has 0 bridgehead atoms. The van der Waals surface area contributed by atoms with Crippen LogP contribution in [0.3, 0.4) is 0 Å².